The van der Waals surface area contributed by atoms with Crippen LogP contribution >= 0.6 is 15.9 Å². The van der Waals surface area contributed by atoms with Crippen molar-refractivity contribution in [3.8, 4) is 0 Å². The van der Waals surface area contributed by atoms with Crippen LogP contribution in [0.1, 0.15) is 23.0 Å². The van der Waals surface area contributed by atoms with Crippen molar-refractivity contribution in [2.24, 2.45) is 0 Å². The standard InChI is InChI=1S/C17H14BrF2N5/c18-12-4-1-3-11(9-12)10-24-7-8-25-17(21-22-23-25)16(24)13-5-2-6-14(19)15(13)20/h1-6,9,16H,7-8,10H2. The third-order valence-electron chi connectivity index (χ3n) is 4.32. The zero-order chi connectivity index (χ0) is 17.4. The highest BCUT2D eigenvalue weighted by molar-refractivity contribution is 9.10. The molecule has 1 aromatic heterocycles. The Bertz CT molecular complexity index is 914. The van der Waals surface area contributed by atoms with E-state index in [1.54, 1.807) is 10.7 Å². The topological polar surface area (TPSA) is 46.8 Å². The average molecular weight is 406 g/mol. The lowest BCUT2D eigenvalue weighted by molar-refractivity contribution is 0.160. The Morgan fingerprint density at radius 1 is 1.12 bits per heavy atom. The molecule has 0 amide bonds. The number of aromatic nitrogens is 4. The van der Waals surface area contributed by atoms with Crippen LogP contribution in [0.25, 0.3) is 0 Å². The molecule has 128 valence electrons. The number of rotatable bonds is 3. The minimum atomic E-state index is -0.871. The van der Waals surface area contributed by atoms with Gasteiger partial charge in [-0.15, -0.1) is 5.10 Å². The van der Waals surface area contributed by atoms with Gasteiger partial charge in [0.25, 0.3) is 0 Å². The number of fused-ring (bicyclic) bond motifs is 1. The van der Waals surface area contributed by atoms with E-state index in [1.165, 1.54) is 6.07 Å². The summed E-state index contributed by atoms with van der Waals surface area (Å²) in [4.78, 5) is 2.06. The fourth-order valence-corrected chi connectivity index (χ4v) is 3.64. The molecule has 0 bridgehead atoms. The predicted octanol–water partition coefficient (Wildman–Crippen LogP) is 3.32. The Morgan fingerprint density at radius 3 is 2.80 bits per heavy atom. The van der Waals surface area contributed by atoms with Crippen LogP contribution in [0.15, 0.2) is 46.9 Å². The van der Waals surface area contributed by atoms with Crippen molar-refractivity contribution in [3.63, 3.8) is 0 Å². The van der Waals surface area contributed by atoms with Gasteiger partial charge in [0.05, 0.1) is 6.54 Å². The van der Waals surface area contributed by atoms with Gasteiger partial charge in [-0.2, -0.15) is 0 Å². The summed E-state index contributed by atoms with van der Waals surface area (Å²) < 4.78 is 30.9. The zero-order valence-corrected chi connectivity index (χ0v) is 14.7. The number of nitrogens with zero attached hydrogens (tertiary/aromatic N) is 5. The van der Waals surface area contributed by atoms with Gasteiger partial charge in [0.2, 0.25) is 0 Å². The van der Waals surface area contributed by atoms with Gasteiger partial charge in [-0.25, -0.2) is 13.5 Å². The summed E-state index contributed by atoms with van der Waals surface area (Å²) >= 11 is 3.46. The second kappa shape index (κ2) is 6.61. The minimum absolute atomic E-state index is 0.241. The lowest BCUT2D eigenvalue weighted by Gasteiger charge is -2.35. The molecule has 0 saturated heterocycles. The maximum Gasteiger partial charge on any atom is 0.173 e. The lowest BCUT2D eigenvalue weighted by Crippen LogP contribution is -2.39. The molecule has 8 heteroatoms. The van der Waals surface area contributed by atoms with Crippen LogP contribution in [0.2, 0.25) is 0 Å². The van der Waals surface area contributed by atoms with E-state index in [0.29, 0.717) is 25.5 Å². The molecule has 1 atom stereocenters. The molecule has 0 N–H and O–H groups in total. The van der Waals surface area contributed by atoms with Gasteiger partial charge in [0, 0.05) is 23.1 Å². The molecule has 0 radical (unpaired) electrons. The van der Waals surface area contributed by atoms with Crippen molar-refractivity contribution in [2.45, 2.75) is 19.1 Å². The molecule has 1 unspecified atom stereocenters. The molecule has 4 rings (SSSR count). The SMILES string of the molecule is Fc1cccc(C2c3nnnn3CCN2Cc2cccc(Br)c2)c1F. The first-order chi connectivity index (χ1) is 12.1. The van der Waals surface area contributed by atoms with Gasteiger partial charge in [0.15, 0.2) is 17.5 Å². The predicted molar refractivity (Wildman–Crippen MR) is 90.6 cm³/mol. The van der Waals surface area contributed by atoms with Crippen molar-refractivity contribution >= 4 is 15.9 Å². The van der Waals surface area contributed by atoms with Crippen molar-refractivity contribution in [1.29, 1.82) is 0 Å². The Labute approximate surface area is 151 Å². The summed E-state index contributed by atoms with van der Waals surface area (Å²) in [5, 5.41) is 11.7. The molecule has 5 nitrogen and oxygen atoms in total. The van der Waals surface area contributed by atoms with E-state index >= 15 is 0 Å². The van der Waals surface area contributed by atoms with Gasteiger partial charge in [0.1, 0.15) is 6.04 Å². The summed E-state index contributed by atoms with van der Waals surface area (Å²) in [6.45, 7) is 1.81. The number of halogens is 3. The smallest absolute Gasteiger partial charge is 0.173 e. The van der Waals surface area contributed by atoms with E-state index in [0.717, 1.165) is 16.1 Å². The largest absolute Gasteiger partial charge is 0.283 e. The van der Waals surface area contributed by atoms with E-state index in [-0.39, 0.29) is 5.56 Å². The van der Waals surface area contributed by atoms with E-state index in [9.17, 15) is 8.78 Å². The maximum atomic E-state index is 14.5. The van der Waals surface area contributed by atoms with Crippen LogP contribution in [-0.2, 0) is 13.1 Å². The van der Waals surface area contributed by atoms with Crippen molar-refractivity contribution in [2.75, 3.05) is 6.54 Å². The van der Waals surface area contributed by atoms with Gasteiger partial charge in [-0.05, 0) is 34.2 Å². The molecule has 0 fully saturated rings. The molecular weight excluding hydrogens is 392 g/mol. The summed E-state index contributed by atoms with van der Waals surface area (Å²) in [5.74, 6) is -1.21. The molecule has 1 aliphatic heterocycles. The second-order valence-electron chi connectivity index (χ2n) is 5.91. The minimum Gasteiger partial charge on any atom is -0.283 e. The van der Waals surface area contributed by atoms with Crippen molar-refractivity contribution in [3.05, 3.63) is 75.5 Å². The zero-order valence-electron chi connectivity index (χ0n) is 13.1. The van der Waals surface area contributed by atoms with Gasteiger partial charge >= 0.3 is 0 Å². The quantitative estimate of drug-likeness (QED) is 0.670. The molecule has 3 aromatic rings. The van der Waals surface area contributed by atoms with Gasteiger partial charge < -0.3 is 0 Å². The normalized spacial score (nSPS) is 17.5. The highest BCUT2D eigenvalue weighted by Gasteiger charge is 2.34. The van der Waals surface area contributed by atoms with E-state index in [1.807, 2.05) is 24.3 Å². The molecular formula is C17H14BrF2N5. The Hall–Kier alpha value is -2.19. The molecule has 0 aliphatic carbocycles. The molecule has 25 heavy (non-hydrogen) atoms. The van der Waals surface area contributed by atoms with Crippen LogP contribution in [-0.4, -0.2) is 31.7 Å². The van der Waals surface area contributed by atoms with E-state index < -0.39 is 17.7 Å². The molecule has 0 saturated carbocycles. The average Bonchev–Trinajstić information content (AvgIpc) is 3.06. The monoisotopic (exact) mass is 405 g/mol. The lowest BCUT2D eigenvalue weighted by atomic mass is 10.0. The second-order valence-corrected chi connectivity index (χ2v) is 6.82. The summed E-state index contributed by atoms with van der Waals surface area (Å²) in [7, 11) is 0. The Kier molecular flexibility index (Phi) is 4.30. The van der Waals surface area contributed by atoms with Crippen LogP contribution < -0.4 is 0 Å². The summed E-state index contributed by atoms with van der Waals surface area (Å²) in [6, 6.07) is 11.6. The van der Waals surface area contributed by atoms with Crippen LogP contribution in [0.3, 0.4) is 0 Å². The van der Waals surface area contributed by atoms with Gasteiger partial charge in [-0.3, -0.25) is 4.90 Å². The molecule has 2 aromatic carbocycles. The first-order valence-corrected chi connectivity index (χ1v) is 8.61. The van der Waals surface area contributed by atoms with Crippen LogP contribution in [0.4, 0.5) is 8.78 Å². The third-order valence-corrected chi connectivity index (χ3v) is 4.81. The number of hydrogen-bond donors (Lipinski definition) is 0. The van der Waals surface area contributed by atoms with E-state index in [2.05, 4.69) is 36.4 Å². The fourth-order valence-electron chi connectivity index (χ4n) is 3.19. The highest BCUT2D eigenvalue weighted by atomic mass is 79.9. The van der Waals surface area contributed by atoms with E-state index in [4.69, 9.17) is 0 Å². The van der Waals surface area contributed by atoms with Crippen molar-refractivity contribution in [1.82, 2.24) is 25.1 Å². The summed E-state index contributed by atoms with van der Waals surface area (Å²) in [6.07, 6.45) is 0. The highest BCUT2D eigenvalue weighted by Crippen LogP contribution is 2.33. The third kappa shape index (κ3) is 3.07. The Morgan fingerprint density at radius 2 is 1.96 bits per heavy atom. The molecule has 0 spiro atoms. The summed E-state index contributed by atoms with van der Waals surface area (Å²) in [5.41, 5.74) is 1.31. The number of benzene rings is 2. The van der Waals surface area contributed by atoms with Crippen molar-refractivity contribution < 1.29 is 8.78 Å². The van der Waals surface area contributed by atoms with Crippen LogP contribution in [0.5, 0.6) is 0 Å². The van der Waals surface area contributed by atoms with Crippen LogP contribution in [0, 0.1) is 11.6 Å². The number of tetrazole rings is 1. The number of hydrogen-bond acceptors (Lipinski definition) is 4. The Balaban J connectivity index is 1.76. The molecule has 1 aliphatic rings. The first-order valence-electron chi connectivity index (χ1n) is 7.82. The van der Waals surface area contributed by atoms with Gasteiger partial charge in [-0.1, -0.05) is 40.2 Å². The first kappa shape index (κ1) is 16.3. The fraction of sp³-hybridized carbons (Fsp3) is 0.235. The molecule has 2 heterocycles. The maximum absolute atomic E-state index is 14.5.